The Morgan fingerprint density at radius 3 is 2.48 bits per heavy atom. The Bertz CT molecular complexity index is 668. The lowest BCUT2D eigenvalue weighted by molar-refractivity contribution is 0.0986. The van der Waals surface area contributed by atoms with Gasteiger partial charge < -0.3 is 5.32 Å². The van der Waals surface area contributed by atoms with E-state index in [1.54, 1.807) is 18.2 Å². The van der Waals surface area contributed by atoms with E-state index >= 15 is 0 Å². The summed E-state index contributed by atoms with van der Waals surface area (Å²) in [5, 5.41) is 4.19. The molecule has 0 aromatic heterocycles. The molecule has 0 aliphatic heterocycles. The minimum Gasteiger partial charge on any atom is -0.385 e. The molecule has 110 valence electrons. The highest BCUT2D eigenvalue weighted by atomic mass is 35.5. The first-order chi connectivity index (χ1) is 9.97. The van der Waals surface area contributed by atoms with Crippen molar-refractivity contribution < 1.29 is 4.79 Å². The number of carbonyl (C=O) groups is 1. The maximum Gasteiger partial charge on any atom is 0.166 e. The summed E-state index contributed by atoms with van der Waals surface area (Å²) in [5.41, 5.74) is 4.02. The number of hydrogen-bond acceptors (Lipinski definition) is 2. The number of benzene rings is 2. The quantitative estimate of drug-likeness (QED) is 0.757. The van der Waals surface area contributed by atoms with Crippen LogP contribution >= 0.6 is 23.2 Å². The standard InChI is InChI=1S/C17H17Cl2NO/c1-11-3-5-14(9-12(11)2)20-8-7-17(21)15-6-4-13(18)10-16(15)19/h3-6,9-10,20H,7-8H2,1-2H3. The molecule has 0 unspecified atom stereocenters. The lowest BCUT2D eigenvalue weighted by atomic mass is 10.1. The molecule has 0 spiro atoms. The van der Waals surface area contributed by atoms with Crippen molar-refractivity contribution in [3.8, 4) is 0 Å². The molecule has 0 atom stereocenters. The van der Waals surface area contributed by atoms with Crippen LogP contribution in [-0.2, 0) is 0 Å². The minimum absolute atomic E-state index is 0.00741. The molecule has 1 N–H and O–H groups in total. The Morgan fingerprint density at radius 2 is 1.81 bits per heavy atom. The Morgan fingerprint density at radius 1 is 1.05 bits per heavy atom. The van der Waals surface area contributed by atoms with Gasteiger partial charge in [-0.15, -0.1) is 0 Å². The molecule has 0 aliphatic carbocycles. The first-order valence-electron chi connectivity index (χ1n) is 6.77. The molecular weight excluding hydrogens is 305 g/mol. The topological polar surface area (TPSA) is 29.1 Å². The smallest absolute Gasteiger partial charge is 0.166 e. The third-order valence-electron chi connectivity index (χ3n) is 3.42. The van der Waals surface area contributed by atoms with Crippen LogP contribution in [0.5, 0.6) is 0 Å². The van der Waals surface area contributed by atoms with Crippen molar-refractivity contribution in [3.05, 3.63) is 63.1 Å². The van der Waals surface area contributed by atoms with Crippen molar-refractivity contribution in [2.24, 2.45) is 0 Å². The fourth-order valence-electron chi connectivity index (χ4n) is 2.02. The number of carbonyl (C=O) groups excluding carboxylic acids is 1. The van der Waals surface area contributed by atoms with Crippen LogP contribution in [0.15, 0.2) is 36.4 Å². The summed E-state index contributed by atoms with van der Waals surface area (Å²) in [5.74, 6) is 0.00741. The highest BCUT2D eigenvalue weighted by Gasteiger charge is 2.10. The molecule has 0 amide bonds. The van der Waals surface area contributed by atoms with E-state index in [2.05, 4.69) is 31.3 Å². The van der Waals surface area contributed by atoms with E-state index < -0.39 is 0 Å². The fraction of sp³-hybridized carbons (Fsp3) is 0.235. The van der Waals surface area contributed by atoms with E-state index in [-0.39, 0.29) is 5.78 Å². The Kier molecular flexibility index (Phi) is 5.27. The second-order valence-electron chi connectivity index (χ2n) is 5.02. The molecular formula is C17H17Cl2NO. The summed E-state index contributed by atoms with van der Waals surface area (Å²) >= 11 is 11.9. The van der Waals surface area contributed by atoms with Crippen molar-refractivity contribution >= 4 is 34.7 Å². The van der Waals surface area contributed by atoms with Gasteiger partial charge in [0.2, 0.25) is 0 Å². The van der Waals surface area contributed by atoms with Crippen LogP contribution in [0.2, 0.25) is 10.0 Å². The van der Waals surface area contributed by atoms with E-state index in [0.717, 1.165) is 5.69 Å². The van der Waals surface area contributed by atoms with E-state index in [1.807, 2.05) is 6.07 Å². The summed E-state index contributed by atoms with van der Waals surface area (Å²) in [6.45, 7) is 4.71. The number of halogens is 2. The van der Waals surface area contributed by atoms with Gasteiger partial charge in [0.05, 0.1) is 5.02 Å². The van der Waals surface area contributed by atoms with Crippen molar-refractivity contribution in [1.82, 2.24) is 0 Å². The number of nitrogens with one attached hydrogen (secondary N) is 1. The molecule has 2 nitrogen and oxygen atoms in total. The zero-order chi connectivity index (χ0) is 15.4. The summed E-state index contributed by atoms with van der Waals surface area (Å²) in [7, 11) is 0. The maximum atomic E-state index is 12.1. The van der Waals surface area contributed by atoms with Gasteiger partial charge in [-0.1, -0.05) is 29.3 Å². The molecule has 21 heavy (non-hydrogen) atoms. The summed E-state index contributed by atoms with van der Waals surface area (Å²) in [4.78, 5) is 12.1. The zero-order valence-corrected chi connectivity index (χ0v) is 13.6. The third-order valence-corrected chi connectivity index (χ3v) is 3.97. The van der Waals surface area contributed by atoms with Gasteiger partial charge in [-0.05, 0) is 55.3 Å². The van der Waals surface area contributed by atoms with Gasteiger partial charge in [0.1, 0.15) is 0 Å². The van der Waals surface area contributed by atoms with Gasteiger partial charge >= 0.3 is 0 Å². The zero-order valence-electron chi connectivity index (χ0n) is 12.0. The van der Waals surface area contributed by atoms with Gasteiger partial charge in [-0.2, -0.15) is 0 Å². The lowest BCUT2D eigenvalue weighted by Crippen LogP contribution is -2.09. The third kappa shape index (κ3) is 4.23. The summed E-state index contributed by atoms with van der Waals surface area (Å²) in [6, 6.07) is 11.1. The Balaban J connectivity index is 1.93. The summed E-state index contributed by atoms with van der Waals surface area (Å²) in [6.07, 6.45) is 0.383. The van der Waals surface area contributed by atoms with Crippen molar-refractivity contribution in [2.75, 3.05) is 11.9 Å². The van der Waals surface area contributed by atoms with Crippen LogP contribution in [0.4, 0.5) is 5.69 Å². The predicted octanol–water partition coefficient (Wildman–Crippen LogP) is 5.30. The molecule has 2 rings (SSSR count). The lowest BCUT2D eigenvalue weighted by Gasteiger charge is -2.09. The number of rotatable bonds is 5. The fourth-order valence-corrected chi connectivity index (χ4v) is 2.54. The van der Waals surface area contributed by atoms with Gasteiger partial charge in [-0.25, -0.2) is 0 Å². The van der Waals surface area contributed by atoms with Crippen LogP contribution in [0, 0.1) is 13.8 Å². The minimum atomic E-state index is 0.00741. The number of Topliss-reactive ketones (excluding diaryl/α,β-unsaturated/α-hetero) is 1. The van der Waals surface area contributed by atoms with Gasteiger partial charge in [0.15, 0.2) is 5.78 Å². The number of hydrogen-bond donors (Lipinski definition) is 1. The Labute approximate surface area is 135 Å². The van der Waals surface area contributed by atoms with E-state index in [4.69, 9.17) is 23.2 Å². The van der Waals surface area contributed by atoms with Crippen LogP contribution < -0.4 is 5.32 Å². The van der Waals surface area contributed by atoms with Crippen LogP contribution in [0.1, 0.15) is 27.9 Å². The first kappa shape index (κ1) is 15.9. The largest absolute Gasteiger partial charge is 0.385 e. The normalized spacial score (nSPS) is 10.5. The monoisotopic (exact) mass is 321 g/mol. The molecule has 0 radical (unpaired) electrons. The van der Waals surface area contributed by atoms with Gasteiger partial charge in [0.25, 0.3) is 0 Å². The molecule has 0 saturated heterocycles. The highest BCUT2D eigenvalue weighted by Crippen LogP contribution is 2.22. The Hall–Kier alpha value is -1.51. The number of anilines is 1. The predicted molar refractivity (Wildman–Crippen MR) is 89.8 cm³/mol. The average Bonchev–Trinajstić information content (AvgIpc) is 2.42. The van der Waals surface area contributed by atoms with Gasteiger partial charge in [0, 0.05) is 29.2 Å². The van der Waals surface area contributed by atoms with Crippen molar-refractivity contribution in [3.63, 3.8) is 0 Å². The van der Waals surface area contributed by atoms with Crippen LogP contribution in [-0.4, -0.2) is 12.3 Å². The number of ketones is 1. The summed E-state index contributed by atoms with van der Waals surface area (Å²) < 4.78 is 0. The first-order valence-corrected chi connectivity index (χ1v) is 7.52. The molecule has 2 aromatic rings. The SMILES string of the molecule is Cc1ccc(NCCC(=O)c2ccc(Cl)cc2Cl)cc1C. The number of aryl methyl sites for hydroxylation is 2. The molecule has 0 aliphatic rings. The molecule has 0 fully saturated rings. The molecule has 4 heteroatoms. The molecule has 2 aromatic carbocycles. The average molecular weight is 322 g/mol. The molecule has 0 saturated carbocycles. The van der Waals surface area contributed by atoms with Crippen LogP contribution in [0.25, 0.3) is 0 Å². The van der Waals surface area contributed by atoms with E-state index in [9.17, 15) is 4.79 Å². The van der Waals surface area contributed by atoms with E-state index in [1.165, 1.54) is 11.1 Å². The maximum absolute atomic E-state index is 12.1. The van der Waals surface area contributed by atoms with Crippen LogP contribution in [0.3, 0.4) is 0 Å². The van der Waals surface area contributed by atoms with E-state index in [0.29, 0.717) is 28.6 Å². The second kappa shape index (κ2) is 6.97. The molecule has 0 heterocycles. The highest BCUT2D eigenvalue weighted by molar-refractivity contribution is 6.36. The van der Waals surface area contributed by atoms with Gasteiger partial charge in [-0.3, -0.25) is 4.79 Å². The second-order valence-corrected chi connectivity index (χ2v) is 5.87. The van der Waals surface area contributed by atoms with Crippen molar-refractivity contribution in [2.45, 2.75) is 20.3 Å². The molecule has 0 bridgehead atoms. The van der Waals surface area contributed by atoms with Crippen molar-refractivity contribution in [1.29, 1.82) is 0 Å².